The number of rotatable bonds is 5. The van der Waals surface area contributed by atoms with Gasteiger partial charge in [0.1, 0.15) is 23.2 Å². The number of hydrogen-bond acceptors (Lipinski definition) is 5. The Balaban J connectivity index is 1.64. The quantitative estimate of drug-likeness (QED) is 0.638. The van der Waals surface area contributed by atoms with E-state index in [1.165, 1.54) is 13.2 Å². The minimum absolute atomic E-state index is 0.00486. The van der Waals surface area contributed by atoms with E-state index in [1.807, 2.05) is 15.9 Å². The Hall–Kier alpha value is -3.53. The third-order valence-corrected chi connectivity index (χ3v) is 4.54. The van der Waals surface area contributed by atoms with Crippen molar-refractivity contribution in [2.75, 3.05) is 43.5 Å². The minimum atomic E-state index is -0.497. The average molecular weight is 380 g/mol. The lowest BCUT2D eigenvalue weighted by Gasteiger charge is -2.35. The van der Waals surface area contributed by atoms with E-state index in [4.69, 9.17) is 4.74 Å². The number of benzene rings is 2. The summed E-state index contributed by atoms with van der Waals surface area (Å²) in [6.45, 7) is 2.37. The number of nitriles is 1. The maximum atomic E-state index is 13.9. The van der Waals surface area contributed by atoms with Crippen LogP contribution >= 0.6 is 0 Å². The molecule has 2 aromatic rings. The van der Waals surface area contributed by atoms with Crippen molar-refractivity contribution >= 4 is 17.3 Å². The SMILES string of the molecule is COc1ccccc1NC(=O)/C(C#N)=C\N1CCN(c2ccccc2F)CC1. The van der Waals surface area contributed by atoms with Crippen LogP contribution in [0.15, 0.2) is 60.3 Å². The van der Waals surface area contributed by atoms with Gasteiger partial charge >= 0.3 is 0 Å². The zero-order chi connectivity index (χ0) is 19.9. The van der Waals surface area contributed by atoms with Crippen LogP contribution in [0.1, 0.15) is 0 Å². The zero-order valence-corrected chi connectivity index (χ0v) is 15.6. The molecule has 0 aromatic heterocycles. The second kappa shape index (κ2) is 8.91. The largest absolute Gasteiger partial charge is 0.495 e. The molecular formula is C21H21FN4O2. The van der Waals surface area contributed by atoms with Crippen LogP contribution in [0.3, 0.4) is 0 Å². The average Bonchev–Trinajstić information content (AvgIpc) is 2.73. The predicted octanol–water partition coefficient (Wildman–Crippen LogP) is 3.00. The monoisotopic (exact) mass is 380 g/mol. The molecule has 144 valence electrons. The summed E-state index contributed by atoms with van der Waals surface area (Å²) in [5.41, 5.74) is 1.08. The van der Waals surface area contributed by atoms with Crippen molar-refractivity contribution in [1.29, 1.82) is 5.26 Å². The van der Waals surface area contributed by atoms with Gasteiger partial charge in [0.05, 0.1) is 18.5 Å². The Kier molecular flexibility index (Phi) is 6.12. The molecule has 1 aliphatic heterocycles. The lowest BCUT2D eigenvalue weighted by molar-refractivity contribution is -0.112. The number of hydrogen-bond donors (Lipinski definition) is 1. The fourth-order valence-electron chi connectivity index (χ4n) is 3.06. The highest BCUT2D eigenvalue weighted by Gasteiger charge is 2.19. The van der Waals surface area contributed by atoms with E-state index in [0.717, 1.165) is 0 Å². The van der Waals surface area contributed by atoms with Gasteiger partial charge in [0.15, 0.2) is 0 Å². The van der Waals surface area contributed by atoms with E-state index in [2.05, 4.69) is 5.32 Å². The molecule has 3 rings (SSSR count). The summed E-state index contributed by atoms with van der Waals surface area (Å²) in [5.74, 6) is -0.226. The van der Waals surface area contributed by atoms with Crippen LogP contribution in [-0.2, 0) is 4.79 Å². The van der Waals surface area contributed by atoms with E-state index in [-0.39, 0.29) is 11.4 Å². The highest BCUT2D eigenvalue weighted by Crippen LogP contribution is 2.24. The number of halogens is 1. The molecule has 1 aliphatic rings. The predicted molar refractivity (Wildman–Crippen MR) is 106 cm³/mol. The van der Waals surface area contributed by atoms with Gasteiger partial charge in [0.2, 0.25) is 0 Å². The minimum Gasteiger partial charge on any atom is -0.495 e. The maximum Gasteiger partial charge on any atom is 0.267 e. The summed E-state index contributed by atoms with van der Waals surface area (Å²) >= 11 is 0. The molecule has 0 aliphatic carbocycles. The summed E-state index contributed by atoms with van der Waals surface area (Å²) in [4.78, 5) is 16.3. The lowest BCUT2D eigenvalue weighted by Crippen LogP contribution is -2.44. The normalized spacial score (nSPS) is 14.4. The van der Waals surface area contributed by atoms with Gasteiger partial charge in [-0.15, -0.1) is 0 Å². The molecule has 1 fully saturated rings. The van der Waals surface area contributed by atoms with E-state index in [0.29, 0.717) is 43.3 Å². The molecule has 7 heteroatoms. The van der Waals surface area contributed by atoms with Crippen LogP contribution in [0.25, 0.3) is 0 Å². The molecule has 0 spiro atoms. The number of methoxy groups -OCH3 is 1. The summed E-state index contributed by atoms with van der Waals surface area (Å²) in [6, 6.07) is 15.6. The molecule has 1 amide bonds. The third-order valence-electron chi connectivity index (χ3n) is 4.54. The zero-order valence-electron chi connectivity index (χ0n) is 15.6. The first-order valence-corrected chi connectivity index (χ1v) is 8.92. The summed E-state index contributed by atoms with van der Waals surface area (Å²) in [7, 11) is 1.51. The van der Waals surface area contributed by atoms with Crippen LogP contribution in [0.5, 0.6) is 5.75 Å². The second-order valence-corrected chi connectivity index (χ2v) is 6.28. The van der Waals surface area contributed by atoms with Crippen LogP contribution in [0.2, 0.25) is 0 Å². The van der Waals surface area contributed by atoms with Crippen LogP contribution in [0.4, 0.5) is 15.8 Å². The fraction of sp³-hybridized carbons (Fsp3) is 0.238. The van der Waals surface area contributed by atoms with Crippen LogP contribution in [-0.4, -0.2) is 44.1 Å². The standard InChI is InChI=1S/C21H21FN4O2/c1-28-20-9-5-3-7-18(20)24-21(27)16(14-23)15-25-10-12-26(13-11-25)19-8-4-2-6-17(19)22/h2-9,15H,10-13H2,1H3,(H,24,27)/b16-15-. The van der Waals surface area contributed by atoms with Crippen molar-refractivity contribution < 1.29 is 13.9 Å². The molecule has 1 heterocycles. The molecule has 1 saturated heterocycles. The topological polar surface area (TPSA) is 68.6 Å². The fourth-order valence-corrected chi connectivity index (χ4v) is 3.06. The molecule has 2 aromatic carbocycles. The maximum absolute atomic E-state index is 13.9. The van der Waals surface area contributed by atoms with Crippen molar-refractivity contribution in [3.05, 3.63) is 66.1 Å². The van der Waals surface area contributed by atoms with Crippen molar-refractivity contribution in [1.82, 2.24) is 4.90 Å². The first kappa shape index (κ1) is 19.2. The van der Waals surface area contributed by atoms with Crippen molar-refractivity contribution in [2.24, 2.45) is 0 Å². The molecule has 0 unspecified atom stereocenters. The molecule has 0 bridgehead atoms. The van der Waals surface area contributed by atoms with Gasteiger partial charge in [0, 0.05) is 32.4 Å². The third kappa shape index (κ3) is 4.41. The van der Waals surface area contributed by atoms with Gasteiger partial charge in [-0.1, -0.05) is 24.3 Å². The number of anilines is 2. The van der Waals surface area contributed by atoms with Crippen molar-refractivity contribution in [3.63, 3.8) is 0 Å². The number of nitrogens with zero attached hydrogens (tertiary/aromatic N) is 3. The molecule has 0 atom stereocenters. The highest BCUT2D eigenvalue weighted by molar-refractivity contribution is 6.07. The number of nitrogens with one attached hydrogen (secondary N) is 1. The Morgan fingerprint density at radius 3 is 2.50 bits per heavy atom. The number of carbonyl (C=O) groups is 1. The van der Waals surface area contributed by atoms with Gasteiger partial charge in [-0.2, -0.15) is 5.26 Å². The van der Waals surface area contributed by atoms with Crippen LogP contribution in [0, 0.1) is 17.1 Å². The van der Waals surface area contributed by atoms with Gasteiger partial charge < -0.3 is 19.9 Å². The number of piperazine rings is 1. The molecule has 1 N–H and O–H groups in total. The number of carbonyl (C=O) groups excluding carboxylic acids is 1. The number of para-hydroxylation sites is 3. The first-order chi connectivity index (χ1) is 13.6. The summed E-state index contributed by atoms with van der Waals surface area (Å²) in [5, 5.41) is 12.1. The lowest BCUT2D eigenvalue weighted by atomic mass is 10.2. The van der Waals surface area contributed by atoms with Crippen LogP contribution < -0.4 is 15.0 Å². The molecular weight excluding hydrogens is 359 g/mol. The van der Waals surface area contributed by atoms with E-state index in [9.17, 15) is 14.4 Å². The van der Waals surface area contributed by atoms with E-state index in [1.54, 1.807) is 48.7 Å². The Bertz CT molecular complexity index is 915. The molecule has 0 radical (unpaired) electrons. The first-order valence-electron chi connectivity index (χ1n) is 8.92. The van der Waals surface area contributed by atoms with E-state index >= 15 is 0 Å². The van der Waals surface area contributed by atoms with Crippen molar-refractivity contribution in [2.45, 2.75) is 0 Å². The molecule has 6 nitrogen and oxygen atoms in total. The summed E-state index contributed by atoms with van der Waals surface area (Å²) < 4.78 is 19.1. The highest BCUT2D eigenvalue weighted by atomic mass is 19.1. The number of amides is 1. The molecule has 28 heavy (non-hydrogen) atoms. The van der Waals surface area contributed by atoms with Gasteiger partial charge in [-0.3, -0.25) is 4.79 Å². The van der Waals surface area contributed by atoms with Crippen molar-refractivity contribution in [3.8, 4) is 11.8 Å². The Labute approximate surface area is 163 Å². The van der Waals surface area contributed by atoms with Gasteiger partial charge in [-0.25, -0.2) is 4.39 Å². The smallest absolute Gasteiger partial charge is 0.267 e. The Morgan fingerprint density at radius 2 is 1.82 bits per heavy atom. The van der Waals surface area contributed by atoms with E-state index < -0.39 is 5.91 Å². The Morgan fingerprint density at radius 1 is 1.14 bits per heavy atom. The number of ether oxygens (including phenoxy) is 1. The molecule has 0 saturated carbocycles. The summed E-state index contributed by atoms with van der Waals surface area (Å²) in [6.07, 6.45) is 1.56. The van der Waals surface area contributed by atoms with Gasteiger partial charge in [0.25, 0.3) is 5.91 Å². The van der Waals surface area contributed by atoms with Gasteiger partial charge in [-0.05, 0) is 24.3 Å². The second-order valence-electron chi connectivity index (χ2n) is 6.28.